The van der Waals surface area contributed by atoms with Gasteiger partial charge in [0.05, 0.1) is 5.02 Å². The molecule has 0 aliphatic heterocycles. The minimum Gasteiger partial charge on any atom is -0.484 e. The van der Waals surface area contributed by atoms with Crippen molar-refractivity contribution >= 4 is 23.4 Å². The third-order valence-corrected chi connectivity index (χ3v) is 6.71. The number of carbonyl (C=O) groups excluding carboxylic acids is 2. The minimum absolute atomic E-state index is 0.0461. The summed E-state index contributed by atoms with van der Waals surface area (Å²) in [5.41, 5.74) is 0.475. The molecule has 0 spiro atoms. The first-order valence-electron chi connectivity index (χ1n) is 11.1. The fourth-order valence-electron chi connectivity index (χ4n) is 4.66. The molecule has 2 amide bonds. The molecule has 11 heteroatoms. The van der Waals surface area contributed by atoms with Crippen molar-refractivity contribution in [1.29, 1.82) is 0 Å². The van der Waals surface area contributed by atoms with E-state index in [9.17, 15) is 27.2 Å². The van der Waals surface area contributed by atoms with Gasteiger partial charge in [0.15, 0.2) is 6.61 Å². The lowest BCUT2D eigenvalue weighted by atomic mass is 9.57. The first kappa shape index (κ1) is 25.1. The number of rotatable bonds is 8. The van der Waals surface area contributed by atoms with Crippen LogP contribution in [0, 0.1) is 23.6 Å². The molecule has 2 atom stereocenters. The molecule has 2 N–H and O–H groups in total. The molecule has 0 saturated heterocycles. The fourth-order valence-corrected chi connectivity index (χ4v) is 4.78. The Kier molecular flexibility index (Phi) is 7.39. The second kappa shape index (κ2) is 10.3. The highest BCUT2D eigenvalue weighted by Gasteiger charge is 2.48. The van der Waals surface area contributed by atoms with Crippen LogP contribution in [0.15, 0.2) is 42.5 Å². The maximum atomic E-state index is 13.5. The number of carbonyl (C=O) groups is 2. The van der Waals surface area contributed by atoms with Crippen LogP contribution in [0.5, 0.6) is 11.5 Å². The zero-order chi connectivity index (χ0) is 25.2. The molecule has 188 valence electrons. The van der Waals surface area contributed by atoms with Gasteiger partial charge >= 0.3 is 6.36 Å². The summed E-state index contributed by atoms with van der Waals surface area (Å²) in [4.78, 5) is 25.2. The van der Waals surface area contributed by atoms with E-state index in [4.69, 9.17) is 16.3 Å². The van der Waals surface area contributed by atoms with Crippen molar-refractivity contribution in [2.45, 2.75) is 38.2 Å². The monoisotopic (exact) mass is 514 g/mol. The van der Waals surface area contributed by atoms with E-state index in [1.54, 1.807) is 6.07 Å². The summed E-state index contributed by atoms with van der Waals surface area (Å²) in [6, 6.07) is 9.13. The topological polar surface area (TPSA) is 76.7 Å². The van der Waals surface area contributed by atoms with E-state index in [-0.39, 0.29) is 65.3 Å². The van der Waals surface area contributed by atoms with Gasteiger partial charge in [-0.25, -0.2) is 4.39 Å². The van der Waals surface area contributed by atoms with Gasteiger partial charge in [-0.2, -0.15) is 0 Å². The Balaban J connectivity index is 1.27. The third-order valence-electron chi connectivity index (χ3n) is 6.40. The summed E-state index contributed by atoms with van der Waals surface area (Å²) >= 11 is 5.63. The molecular weight excluding hydrogens is 492 g/mol. The van der Waals surface area contributed by atoms with Gasteiger partial charge in [-0.05, 0) is 60.9 Å². The Bertz CT molecular complexity index is 1090. The molecule has 5 rings (SSSR count). The number of amides is 2. The van der Waals surface area contributed by atoms with Crippen LogP contribution in [0.2, 0.25) is 5.02 Å². The number of halogens is 5. The molecule has 2 aromatic rings. The number of ether oxygens (including phenoxy) is 2. The lowest BCUT2D eigenvalue weighted by Crippen LogP contribution is -2.56. The van der Waals surface area contributed by atoms with Crippen molar-refractivity contribution in [1.82, 2.24) is 10.6 Å². The standard InChI is InChI=1S/C24H23ClF4N2O4/c25-19-5-4-16(9-20(19)26)34-12-22(32)31-21-10-18(14-7-15(21)8-14)23(33)30-11-13-2-1-3-17(6-13)35-24(27,28)29/h1-6,9,14-15,18,21H,7-8,10-12H2,(H,30,33)(H,31,32)/t14?,15?,18-,21+/m0/s1. The van der Waals surface area contributed by atoms with Crippen LogP contribution in [0.3, 0.4) is 0 Å². The second-order valence-electron chi connectivity index (χ2n) is 8.79. The Morgan fingerprint density at radius 2 is 1.80 bits per heavy atom. The third kappa shape index (κ3) is 6.56. The number of fused-ring (bicyclic) bond motifs is 2. The number of hydrogen-bond acceptors (Lipinski definition) is 4. The summed E-state index contributed by atoms with van der Waals surface area (Å²) in [7, 11) is 0. The van der Waals surface area contributed by atoms with Gasteiger partial charge in [-0.1, -0.05) is 23.7 Å². The molecular formula is C24H23ClF4N2O4. The number of nitrogens with one attached hydrogen (secondary N) is 2. The molecule has 2 bridgehead atoms. The molecule has 2 aromatic carbocycles. The van der Waals surface area contributed by atoms with Crippen molar-refractivity contribution in [3.8, 4) is 11.5 Å². The summed E-state index contributed by atoms with van der Waals surface area (Å²) in [6.45, 7) is -0.246. The summed E-state index contributed by atoms with van der Waals surface area (Å²) in [5.74, 6) is -1.24. The zero-order valence-corrected chi connectivity index (χ0v) is 19.2. The van der Waals surface area contributed by atoms with Crippen molar-refractivity contribution in [2.24, 2.45) is 17.8 Å². The van der Waals surface area contributed by atoms with E-state index >= 15 is 0 Å². The molecule has 3 aliphatic carbocycles. The second-order valence-corrected chi connectivity index (χ2v) is 9.19. The largest absolute Gasteiger partial charge is 0.573 e. The van der Waals surface area contributed by atoms with E-state index in [2.05, 4.69) is 15.4 Å². The Morgan fingerprint density at radius 1 is 1.03 bits per heavy atom. The van der Waals surface area contributed by atoms with Crippen LogP contribution in [0.25, 0.3) is 0 Å². The van der Waals surface area contributed by atoms with Crippen LogP contribution >= 0.6 is 11.6 Å². The van der Waals surface area contributed by atoms with Gasteiger partial charge in [-0.3, -0.25) is 9.59 Å². The molecule has 0 heterocycles. The molecule has 0 unspecified atom stereocenters. The molecule has 3 aliphatic rings. The van der Waals surface area contributed by atoms with E-state index in [0.29, 0.717) is 12.0 Å². The lowest BCUT2D eigenvalue weighted by molar-refractivity contribution is -0.274. The molecule has 3 fully saturated rings. The number of hydrogen-bond donors (Lipinski definition) is 2. The van der Waals surface area contributed by atoms with Crippen LogP contribution < -0.4 is 20.1 Å². The van der Waals surface area contributed by atoms with Crippen molar-refractivity contribution < 1.29 is 36.6 Å². The SMILES string of the molecule is O=C(COc1ccc(Cl)c(F)c1)N[C@@H]1C[C@H](C(=O)NCc2cccc(OC(F)(F)F)c2)C2CC1C2. The normalized spacial score (nSPS) is 23.1. The van der Waals surface area contributed by atoms with Crippen molar-refractivity contribution in [3.63, 3.8) is 0 Å². The predicted molar refractivity (Wildman–Crippen MR) is 118 cm³/mol. The van der Waals surface area contributed by atoms with Gasteiger partial charge < -0.3 is 20.1 Å². The molecule has 35 heavy (non-hydrogen) atoms. The van der Waals surface area contributed by atoms with Crippen molar-refractivity contribution in [3.05, 3.63) is 58.9 Å². The zero-order valence-electron chi connectivity index (χ0n) is 18.4. The van der Waals surface area contributed by atoms with Crippen LogP contribution in [0.4, 0.5) is 17.6 Å². The fraction of sp³-hybridized carbons (Fsp3) is 0.417. The van der Waals surface area contributed by atoms with Crippen LogP contribution in [0.1, 0.15) is 24.8 Å². The Hall–Kier alpha value is -3.01. The van der Waals surface area contributed by atoms with Crippen LogP contribution in [-0.4, -0.2) is 30.8 Å². The average molecular weight is 515 g/mol. The molecule has 3 saturated carbocycles. The van der Waals surface area contributed by atoms with E-state index in [1.807, 2.05) is 0 Å². The molecule has 6 nitrogen and oxygen atoms in total. The lowest BCUT2D eigenvalue weighted by Gasteiger charge is -2.50. The highest BCUT2D eigenvalue weighted by atomic mass is 35.5. The van der Waals surface area contributed by atoms with Crippen LogP contribution in [-0.2, 0) is 16.1 Å². The maximum Gasteiger partial charge on any atom is 0.573 e. The average Bonchev–Trinajstić information content (AvgIpc) is 2.76. The quantitative estimate of drug-likeness (QED) is 0.505. The molecule has 0 aromatic heterocycles. The van der Waals surface area contributed by atoms with E-state index < -0.39 is 12.2 Å². The summed E-state index contributed by atoms with van der Waals surface area (Å²) in [5, 5.41) is 5.64. The Morgan fingerprint density at radius 3 is 2.51 bits per heavy atom. The Labute approximate surface area is 203 Å². The first-order chi connectivity index (χ1) is 16.6. The van der Waals surface area contributed by atoms with Gasteiger partial charge in [0.25, 0.3) is 5.91 Å². The maximum absolute atomic E-state index is 13.5. The predicted octanol–water partition coefficient (Wildman–Crippen LogP) is 4.60. The van der Waals surface area contributed by atoms with E-state index in [1.165, 1.54) is 30.3 Å². The summed E-state index contributed by atoms with van der Waals surface area (Å²) in [6.07, 6.45) is -2.72. The van der Waals surface area contributed by atoms with Gasteiger partial charge in [0, 0.05) is 24.6 Å². The van der Waals surface area contributed by atoms with Gasteiger partial charge in [0.2, 0.25) is 5.91 Å². The highest BCUT2D eigenvalue weighted by Crippen LogP contribution is 2.49. The number of alkyl halides is 3. The number of benzene rings is 2. The van der Waals surface area contributed by atoms with E-state index in [0.717, 1.165) is 18.9 Å². The van der Waals surface area contributed by atoms with Gasteiger partial charge in [0.1, 0.15) is 17.3 Å². The van der Waals surface area contributed by atoms with Crippen molar-refractivity contribution in [2.75, 3.05) is 6.61 Å². The molecule has 0 radical (unpaired) electrons. The smallest absolute Gasteiger partial charge is 0.484 e. The summed E-state index contributed by atoms with van der Waals surface area (Å²) < 4.78 is 60.0. The minimum atomic E-state index is -4.79. The first-order valence-corrected chi connectivity index (χ1v) is 11.4. The van der Waals surface area contributed by atoms with Gasteiger partial charge in [-0.15, -0.1) is 13.2 Å². The highest BCUT2D eigenvalue weighted by molar-refractivity contribution is 6.30.